The molecule has 1 saturated heterocycles. The predicted octanol–water partition coefficient (Wildman–Crippen LogP) is 2.99. The fourth-order valence-corrected chi connectivity index (χ4v) is 4.93. The number of alkyl halides is 2. The Hall–Kier alpha value is -3.18. The van der Waals surface area contributed by atoms with Crippen molar-refractivity contribution in [3.63, 3.8) is 0 Å². The average Bonchev–Trinajstić information content (AvgIpc) is 3.36. The first-order valence-electron chi connectivity index (χ1n) is 11.6. The number of imidazole rings is 1. The molecule has 5 heterocycles. The molecule has 6 rings (SSSR count). The van der Waals surface area contributed by atoms with Crippen molar-refractivity contribution in [3.8, 4) is 11.3 Å². The molecule has 0 spiro atoms. The number of aromatic nitrogens is 6. The highest BCUT2D eigenvalue weighted by Gasteiger charge is 2.34. The summed E-state index contributed by atoms with van der Waals surface area (Å²) < 4.78 is 34.8. The Morgan fingerprint density at radius 3 is 2.76 bits per heavy atom. The maximum absolute atomic E-state index is 13.1. The van der Waals surface area contributed by atoms with Gasteiger partial charge in [0.05, 0.1) is 37.2 Å². The summed E-state index contributed by atoms with van der Waals surface area (Å²) in [6, 6.07) is 6.55. The zero-order chi connectivity index (χ0) is 23.2. The van der Waals surface area contributed by atoms with E-state index < -0.39 is 13.0 Å². The number of ether oxygens (including phenoxy) is 1. The highest BCUT2D eigenvalue weighted by molar-refractivity contribution is 5.82. The van der Waals surface area contributed by atoms with E-state index >= 15 is 0 Å². The minimum atomic E-state index is -2.48. The van der Waals surface area contributed by atoms with Gasteiger partial charge in [-0.3, -0.25) is 4.90 Å². The molecule has 34 heavy (non-hydrogen) atoms. The molecule has 9 nitrogen and oxygen atoms in total. The largest absolute Gasteiger partial charge is 0.379 e. The molecule has 4 aromatic rings. The molecule has 0 radical (unpaired) electrons. The van der Waals surface area contributed by atoms with Gasteiger partial charge in [0.1, 0.15) is 11.3 Å². The summed E-state index contributed by atoms with van der Waals surface area (Å²) >= 11 is 0. The van der Waals surface area contributed by atoms with Crippen molar-refractivity contribution in [2.24, 2.45) is 0 Å². The van der Waals surface area contributed by atoms with Gasteiger partial charge in [-0.25, -0.2) is 28.2 Å². The summed E-state index contributed by atoms with van der Waals surface area (Å²) in [6.07, 6.45) is 3.32. The third kappa shape index (κ3) is 3.88. The molecule has 1 aliphatic heterocycles. The molecule has 2 aliphatic rings. The van der Waals surface area contributed by atoms with Crippen LogP contribution in [0, 0.1) is 6.92 Å². The fourth-order valence-electron chi connectivity index (χ4n) is 4.93. The molecule has 1 aliphatic carbocycles. The smallest absolute Gasteiger partial charge is 0.256 e. The molecule has 11 heteroatoms. The molecular weight excluding hydrogens is 442 g/mol. The van der Waals surface area contributed by atoms with E-state index in [0.717, 1.165) is 50.2 Å². The van der Waals surface area contributed by atoms with Gasteiger partial charge in [0, 0.05) is 36.9 Å². The van der Waals surface area contributed by atoms with Gasteiger partial charge in [0.15, 0.2) is 5.65 Å². The molecule has 0 atom stereocenters. The number of rotatable bonds is 6. The van der Waals surface area contributed by atoms with Crippen LogP contribution in [0.2, 0.25) is 0 Å². The van der Waals surface area contributed by atoms with Gasteiger partial charge in [-0.15, -0.1) is 5.10 Å². The van der Waals surface area contributed by atoms with Crippen LogP contribution in [-0.2, 0) is 11.3 Å². The minimum absolute atomic E-state index is 0.364. The van der Waals surface area contributed by atoms with Crippen molar-refractivity contribution in [2.75, 3.05) is 31.6 Å². The lowest BCUT2D eigenvalue weighted by Crippen LogP contribution is -2.53. The van der Waals surface area contributed by atoms with E-state index in [0.29, 0.717) is 40.7 Å². The summed E-state index contributed by atoms with van der Waals surface area (Å²) in [5.74, 6) is 1.11. The topological polar surface area (TPSA) is 85.4 Å². The maximum Gasteiger partial charge on any atom is 0.256 e. The number of pyridine rings is 1. The number of hydrogen-bond donors (Lipinski definition) is 1. The number of nitrogens with zero attached hydrogens (tertiary/aromatic N) is 7. The molecule has 0 unspecified atom stereocenters. The first-order chi connectivity index (χ1) is 16.5. The SMILES string of the molecule is Cc1nc2ccc(-c3ccn4nc(N[C@H]5C[C@@H](N6CCOCC6)C5)ncc34)nc2n1CC(F)F. The summed E-state index contributed by atoms with van der Waals surface area (Å²) in [6.45, 7) is 4.94. The Bertz CT molecular complexity index is 1320. The van der Waals surface area contributed by atoms with Crippen molar-refractivity contribution in [1.29, 1.82) is 0 Å². The lowest BCUT2D eigenvalue weighted by molar-refractivity contribution is -0.00443. The Morgan fingerprint density at radius 1 is 1.15 bits per heavy atom. The van der Waals surface area contributed by atoms with E-state index in [9.17, 15) is 8.78 Å². The number of nitrogens with one attached hydrogen (secondary N) is 1. The number of fused-ring (bicyclic) bond motifs is 2. The van der Waals surface area contributed by atoms with E-state index in [2.05, 4.69) is 30.3 Å². The summed E-state index contributed by atoms with van der Waals surface area (Å²) in [5, 5.41) is 8.06. The second-order valence-electron chi connectivity index (χ2n) is 8.96. The van der Waals surface area contributed by atoms with Crippen molar-refractivity contribution >= 4 is 22.6 Å². The number of hydrogen-bond acceptors (Lipinski definition) is 7. The van der Waals surface area contributed by atoms with Crippen molar-refractivity contribution in [2.45, 2.75) is 44.8 Å². The van der Waals surface area contributed by atoms with Crippen molar-refractivity contribution in [3.05, 3.63) is 36.4 Å². The molecular formula is C23H26F2N8O. The Labute approximate surface area is 194 Å². The van der Waals surface area contributed by atoms with E-state index in [4.69, 9.17) is 4.74 Å². The van der Waals surface area contributed by atoms with Gasteiger partial charge in [-0.05, 0) is 38.0 Å². The van der Waals surface area contributed by atoms with Gasteiger partial charge >= 0.3 is 0 Å². The quantitative estimate of drug-likeness (QED) is 0.466. The molecule has 0 amide bonds. The fraction of sp³-hybridized carbons (Fsp3) is 0.478. The van der Waals surface area contributed by atoms with Gasteiger partial charge in [-0.1, -0.05) is 0 Å². The summed E-state index contributed by atoms with van der Waals surface area (Å²) in [7, 11) is 0. The normalized spacial score (nSPS) is 21.4. The van der Waals surface area contributed by atoms with Crippen LogP contribution < -0.4 is 5.32 Å². The molecule has 178 valence electrons. The zero-order valence-electron chi connectivity index (χ0n) is 18.9. The number of morpholine rings is 1. The van der Waals surface area contributed by atoms with Crippen LogP contribution in [0.1, 0.15) is 18.7 Å². The van der Waals surface area contributed by atoms with Crippen LogP contribution in [0.4, 0.5) is 14.7 Å². The van der Waals surface area contributed by atoms with E-state index in [-0.39, 0.29) is 0 Å². The average molecular weight is 469 g/mol. The van der Waals surface area contributed by atoms with E-state index in [1.807, 2.05) is 24.4 Å². The molecule has 2 fully saturated rings. The summed E-state index contributed by atoms with van der Waals surface area (Å²) in [5.41, 5.74) is 3.36. The van der Waals surface area contributed by atoms with Crippen LogP contribution in [-0.4, -0.2) is 78.8 Å². The molecule has 4 aromatic heterocycles. The number of anilines is 1. The molecule has 0 aromatic carbocycles. The highest BCUT2D eigenvalue weighted by atomic mass is 19.3. The maximum atomic E-state index is 13.1. The van der Waals surface area contributed by atoms with Gasteiger partial charge in [-0.2, -0.15) is 0 Å². The van der Waals surface area contributed by atoms with Gasteiger partial charge < -0.3 is 14.6 Å². The first kappa shape index (κ1) is 21.4. The van der Waals surface area contributed by atoms with Crippen molar-refractivity contribution < 1.29 is 13.5 Å². The molecule has 1 saturated carbocycles. The molecule has 1 N–H and O–H groups in total. The lowest BCUT2D eigenvalue weighted by Gasteiger charge is -2.44. The van der Waals surface area contributed by atoms with Crippen LogP contribution in [0.25, 0.3) is 27.9 Å². The van der Waals surface area contributed by atoms with E-state index in [1.165, 1.54) is 4.57 Å². The second-order valence-corrected chi connectivity index (χ2v) is 8.96. The van der Waals surface area contributed by atoms with Crippen LogP contribution >= 0.6 is 0 Å². The van der Waals surface area contributed by atoms with E-state index in [1.54, 1.807) is 17.6 Å². The number of aryl methyl sites for hydroxylation is 1. The second kappa shape index (κ2) is 8.55. The third-order valence-electron chi connectivity index (χ3n) is 6.80. The lowest BCUT2D eigenvalue weighted by atomic mass is 9.85. The van der Waals surface area contributed by atoms with Crippen LogP contribution in [0.5, 0.6) is 0 Å². The Morgan fingerprint density at radius 2 is 1.97 bits per heavy atom. The predicted molar refractivity (Wildman–Crippen MR) is 123 cm³/mol. The zero-order valence-corrected chi connectivity index (χ0v) is 18.9. The monoisotopic (exact) mass is 468 g/mol. The highest BCUT2D eigenvalue weighted by Crippen LogP contribution is 2.30. The van der Waals surface area contributed by atoms with Gasteiger partial charge in [0.2, 0.25) is 5.95 Å². The van der Waals surface area contributed by atoms with Gasteiger partial charge in [0.25, 0.3) is 6.43 Å². The Kier molecular flexibility index (Phi) is 5.37. The molecule has 0 bridgehead atoms. The minimum Gasteiger partial charge on any atom is -0.379 e. The number of halogens is 2. The Balaban J connectivity index is 1.20. The van der Waals surface area contributed by atoms with Crippen LogP contribution in [0.15, 0.2) is 30.6 Å². The third-order valence-corrected chi connectivity index (χ3v) is 6.80. The van der Waals surface area contributed by atoms with Crippen LogP contribution in [0.3, 0.4) is 0 Å². The van der Waals surface area contributed by atoms with Crippen molar-refractivity contribution in [1.82, 2.24) is 34.0 Å². The standard InChI is InChI=1S/C23H26F2N8O/c1-14-27-19-3-2-18(29-22(19)32(14)13-21(24)25)17-4-5-33-20(17)12-26-23(30-33)28-15-10-16(11-15)31-6-8-34-9-7-31/h2-5,12,15-16,21H,6-11,13H2,1H3,(H,28,30)/t15-,16+. The first-order valence-corrected chi connectivity index (χ1v) is 11.6. The summed E-state index contributed by atoms with van der Waals surface area (Å²) in [4.78, 5) is 16.0.